The predicted octanol–water partition coefficient (Wildman–Crippen LogP) is 1.86. The molecule has 2 heterocycles. The second-order valence-corrected chi connectivity index (χ2v) is 6.49. The van der Waals surface area contributed by atoms with Crippen LogP contribution in [0.3, 0.4) is 0 Å². The van der Waals surface area contributed by atoms with Gasteiger partial charge in [0.15, 0.2) is 0 Å². The zero-order valence-corrected chi connectivity index (χ0v) is 10.8. The average Bonchev–Trinajstić information content (AvgIpc) is 1.93. The molecule has 0 aromatic heterocycles. The normalized spacial score (nSPS) is 44.9. The molecule has 0 N–H and O–H groups in total. The highest BCUT2D eigenvalue weighted by molar-refractivity contribution is 14.1. The number of hydrogen-bond donors (Lipinski definition) is 0. The molecular formula is C6H7I2NOS. The standard InChI is InChI=1S/C6H7I2NOS/c7-4-5(8)9-2-1-3(9)11-6(4)10/h3-5H,1-2H2. The highest BCUT2D eigenvalue weighted by atomic mass is 127. The van der Waals surface area contributed by atoms with E-state index in [-0.39, 0.29) is 3.92 Å². The van der Waals surface area contributed by atoms with E-state index in [9.17, 15) is 4.79 Å². The number of carbonyl (C=O) groups excluding carboxylic acids is 1. The van der Waals surface area contributed by atoms with Crippen LogP contribution in [0.5, 0.6) is 0 Å². The van der Waals surface area contributed by atoms with Crippen LogP contribution in [0.15, 0.2) is 0 Å². The number of hydrogen-bond acceptors (Lipinski definition) is 3. The quantitative estimate of drug-likeness (QED) is 0.355. The Bertz CT molecular complexity index is 201. The van der Waals surface area contributed by atoms with Crippen LogP contribution in [-0.2, 0) is 4.79 Å². The van der Waals surface area contributed by atoms with Crippen LogP contribution in [-0.4, -0.2) is 29.9 Å². The molecule has 0 aromatic carbocycles. The summed E-state index contributed by atoms with van der Waals surface area (Å²) in [6.45, 7) is 1.18. The summed E-state index contributed by atoms with van der Waals surface area (Å²) in [5.74, 6) is 0. The summed E-state index contributed by atoms with van der Waals surface area (Å²) in [5.41, 5.74) is 0. The van der Waals surface area contributed by atoms with E-state index in [1.807, 2.05) is 0 Å². The highest BCUT2D eigenvalue weighted by Gasteiger charge is 2.44. The Labute approximate surface area is 97.1 Å². The maximum atomic E-state index is 11.3. The predicted molar refractivity (Wildman–Crippen MR) is 63.3 cm³/mol. The van der Waals surface area contributed by atoms with E-state index in [4.69, 9.17) is 0 Å². The number of rotatable bonds is 0. The van der Waals surface area contributed by atoms with Gasteiger partial charge in [0.2, 0.25) is 5.12 Å². The zero-order valence-electron chi connectivity index (χ0n) is 5.67. The lowest BCUT2D eigenvalue weighted by Crippen LogP contribution is -2.57. The second kappa shape index (κ2) is 3.30. The van der Waals surface area contributed by atoms with Crippen molar-refractivity contribution in [3.63, 3.8) is 0 Å². The first kappa shape index (κ1) is 9.01. The van der Waals surface area contributed by atoms with Gasteiger partial charge in [0.1, 0.15) is 3.92 Å². The Morgan fingerprint density at radius 3 is 2.82 bits per heavy atom. The van der Waals surface area contributed by atoms with Crippen molar-refractivity contribution in [3.8, 4) is 0 Å². The molecule has 3 atom stereocenters. The van der Waals surface area contributed by atoms with Gasteiger partial charge in [-0.25, -0.2) is 0 Å². The summed E-state index contributed by atoms with van der Waals surface area (Å²) in [4.78, 5) is 13.7. The van der Waals surface area contributed by atoms with E-state index in [1.54, 1.807) is 0 Å². The molecule has 0 radical (unpaired) electrons. The first-order valence-corrected chi connectivity index (χ1v) is 6.81. The molecule has 0 aliphatic carbocycles. The Kier molecular flexibility index (Phi) is 2.70. The fourth-order valence-electron chi connectivity index (χ4n) is 1.27. The van der Waals surface area contributed by atoms with Crippen molar-refractivity contribution in [2.75, 3.05) is 6.54 Å². The van der Waals surface area contributed by atoms with Gasteiger partial charge in [-0.1, -0.05) is 56.9 Å². The molecular weight excluding hydrogens is 388 g/mol. The van der Waals surface area contributed by atoms with Crippen molar-refractivity contribution in [2.45, 2.75) is 19.8 Å². The fraction of sp³-hybridized carbons (Fsp3) is 0.833. The van der Waals surface area contributed by atoms with Gasteiger partial charge in [-0.05, 0) is 6.42 Å². The average molecular weight is 395 g/mol. The van der Waals surface area contributed by atoms with Crippen LogP contribution in [0.2, 0.25) is 0 Å². The van der Waals surface area contributed by atoms with Crippen LogP contribution < -0.4 is 0 Å². The number of alkyl halides is 2. The summed E-state index contributed by atoms with van der Waals surface area (Å²) in [7, 11) is 0. The van der Waals surface area contributed by atoms with Gasteiger partial charge in [0.25, 0.3) is 0 Å². The van der Waals surface area contributed by atoms with Gasteiger partial charge >= 0.3 is 0 Å². The zero-order chi connectivity index (χ0) is 8.01. The van der Waals surface area contributed by atoms with Crippen molar-refractivity contribution < 1.29 is 4.79 Å². The third-order valence-corrected chi connectivity index (χ3v) is 7.78. The first-order chi connectivity index (χ1) is 5.20. The maximum Gasteiger partial charge on any atom is 0.205 e. The maximum absolute atomic E-state index is 11.3. The van der Waals surface area contributed by atoms with Crippen LogP contribution >= 0.6 is 56.9 Å². The van der Waals surface area contributed by atoms with Gasteiger partial charge in [-0.3, -0.25) is 9.69 Å². The minimum absolute atomic E-state index is 0.190. The van der Waals surface area contributed by atoms with Gasteiger partial charge in [0, 0.05) is 6.54 Å². The Morgan fingerprint density at radius 2 is 2.27 bits per heavy atom. The topological polar surface area (TPSA) is 20.3 Å². The first-order valence-electron chi connectivity index (χ1n) is 3.44. The lowest BCUT2D eigenvalue weighted by Gasteiger charge is -2.47. The molecule has 3 unspecified atom stereocenters. The minimum atomic E-state index is 0.190. The van der Waals surface area contributed by atoms with Gasteiger partial charge in [-0.15, -0.1) is 0 Å². The molecule has 0 aromatic rings. The second-order valence-electron chi connectivity index (χ2n) is 2.69. The highest BCUT2D eigenvalue weighted by Crippen LogP contribution is 2.42. The third-order valence-electron chi connectivity index (χ3n) is 2.04. The number of thioether (sulfide) groups is 1. The molecule has 2 rings (SSSR count). The van der Waals surface area contributed by atoms with E-state index in [1.165, 1.54) is 24.7 Å². The number of carbonyl (C=O) groups is 1. The summed E-state index contributed by atoms with van der Waals surface area (Å²) in [6.07, 6.45) is 1.19. The molecule has 2 nitrogen and oxygen atoms in total. The van der Waals surface area contributed by atoms with Crippen molar-refractivity contribution in [2.24, 2.45) is 0 Å². The number of halogens is 2. The summed E-state index contributed by atoms with van der Waals surface area (Å²) < 4.78 is 0.621. The molecule has 2 aliphatic rings. The van der Waals surface area contributed by atoms with E-state index < -0.39 is 0 Å². The minimum Gasteiger partial charge on any atom is -0.286 e. The molecule has 0 saturated carbocycles. The monoisotopic (exact) mass is 395 g/mol. The largest absolute Gasteiger partial charge is 0.286 e. The third kappa shape index (κ3) is 1.46. The van der Waals surface area contributed by atoms with E-state index >= 15 is 0 Å². The van der Waals surface area contributed by atoms with E-state index in [0.29, 0.717) is 14.5 Å². The molecule has 62 valence electrons. The van der Waals surface area contributed by atoms with Crippen LogP contribution in [0.25, 0.3) is 0 Å². The summed E-state index contributed by atoms with van der Waals surface area (Å²) >= 11 is 6.15. The Morgan fingerprint density at radius 1 is 1.55 bits per heavy atom. The molecule has 0 bridgehead atoms. The van der Waals surface area contributed by atoms with Crippen molar-refractivity contribution >= 4 is 62.1 Å². The van der Waals surface area contributed by atoms with Crippen molar-refractivity contribution in [1.82, 2.24) is 4.90 Å². The lowest BCUT2D eigenvalue weighted by atomic mass is 10.2. The van der Waals surface area contributed by atoms with Crippen molar-refractivity contribution in [1.29, 1.82) is 0 Å². The van der Waals surface area contributed by atoms with Gasteiger partial charge in [0.05, 0.1) is 9.42 Å². The van der Waals surface area contributed by atoms with Crippen molar-refractivity contribution in [3.05, 3.63) is 0 Å². The molecule has 2 aliphatic heterocycles. The molecule has 5 heteroatoms. The molecule has 11 heavy (non-hydrogen) atoms. The molecule has 0 spiro atoms. The molecule has 0 amide bonds. The van der Waals surface area contributed by atoms with Gasteiger partial charge in [-0.2, -0.15) is 0 Å². The van der Waals surface area contributed by atoms with E-state index in [0.717, 1.165) is 0 Å². The molecule has 2 saturated heterocycles. The number of fused-ring (bicyclic) bond motifs is 1. The Hall–Kier alpha value is 1.44. The summed E-state index contributed by atoms with van der Waals surface area (Å²) in [6, 6.07) is 0. The Balaban J connectivity index is 2.12. The van der Waals surface area contributed by atoms with E-state index in [2.05, 4.69) is 50.1 Å². The number of nitrogens with zero attached hydrogens (tertiary/aromatic N) is 1. The van der Waals surface area contributed by atoms with Crippen LogP contribution in [0, 0.1) is 0 Å². The smallest absolute Gasteiger partial charge is 0.205 e. The SMILES string of the molecule is O=C1SC2CCN2C(I)C1I. The molecule has 2 fully saturated rings. The fourth-order valence-corrected chi connectivity index (χ4v) is 4.70. The van der Waals surface area contributed by atoms with Gasteiger partial charge < -0.3 is 0 Å². The van der Waals surface area contributed by atoms with Crippen LogP contribution in [0.1, 0.15) is 6.42 Å². The lowest BCUT2D eigenvalue weighted by molar-refractivity contribution is -0.111. The van der Waals surface area contributed by atoms with Crippen LogP contribution in [0.4, 0.5) is 0 Å². The summed E-state index contributed by atoms with van der Waals surface area (Å²) in [5, 5.41) is 0.876.